The topological polar surface area (TPSA) is 53.1 Å². The van der Waals surface area contributed by atoms with Gasteiger partial charge in [0, 0.05) is 7.05 Å². The van der Waals surface area contributed by atoms with Gasteiger partial charge in [-0.15, -0.1) is 0 Å². The molecule has 2 aromatic rings. The van der Waals surface area contributed by atoms with Crippen molar-refractivity contribution in [3.05, 3.63) is 46.8 Å². The van der Waals surface area contributed by atoms with Crippen molar-refractivity contribution in [3.63, 3.8) is 0 Å². The van der Waals surface area contributed by atoms with Crippen LogP contribution in [0.25, 0.3) is 0 Å². The third kappa shape index (κ3) is 2.11. The lowest BCUT2D eigenvalue weighted by Gasteiger charge is -2.17. The second-order valence-electron chi connectivity index (χ2n) is 4.56. The van der Waals surface area contributed by atoms with Crippen LogP contribution in [0.4, 0.5) is 0 Å². The fourth-order valence-corrected chi connectivity index (χ4v) is 2.18. The Morgan fingerprint density at radius 1 is 1.33 bits per heavy atom. The Morgan fingerprint density at radius 2 is 2.06 bits per heavy atom. The van der Waals surface area contributed by atoms with Crippen LogP contribution in [0.2, 0.25) is 0 Å². The molecule has 4 heteroatoms. The first kappa shape index (κ1) is 12.6. The molecule has 4 nitrogen and oxygen atoms in total. The van der Waals surface area contributed by atoms with Crippen molar-refractivity contribution in [1.29, 1.82) is 0 Å². The molecule has 1 heterocycles. The first-order valence-corrected chi connectivity index (χ1v) is 5.93. The van der Waals surface area contributed by atoms with E-state index in [1.54, 1.807) is 18.0 Å². The number of hydrogen-bond donors (Lipinski definition) is 1. The van der Waals surface area contributed by atoms with E-state index in [9.17, 15) is 0 Å². The van der Waals surface area contributed by atoms with Crippen molar-refractivity contribution >= 4 is 0 Å². The fourth-order valence-electron chi connectivity index (χ4n) is 2.18. The number of hydrogen-bond acceptors (Lipinski definition) is 3. The Hall–Kier alpha value is -1.81. The van der Waals surface area contributed by atoms with Gasteiger partial charge in [0.25, 0.3) is 0 Å². The number of benzene rings is 1. The number of ether oxygens (including phenoxy) is 1. The highest BCUT2D eigenvalue weighted by Crippen LogP contribution is 2.29. The molecule has 18 heavy (non-hydrogen) atoms. The van der Waals surface area contributed by atoms with Gasteiger partial charge in [-0.3, -0.25) is 4.68 Å². The Balaban J connectivity index is 2.50. The van der Waals surface area contributed by atoms with Crippen LogP contribution < -0.4 is 10.5 Å². The van der Waals surface area contributed by atoms with E-state index in [1.165, 1.54) is 11.1 Å². The maximum atomic E-state index is 6.37. The van der Waals surface area contributed by atoms with Crippen LogP contribution >= 0.6 is 0 Å². The van der Waals surface area contributed by atoms with E-state index in [4.69, 9.17) is 10.5 Å². The van der Waals surface area contributed by atoms with Gasteiger partial charge in [-0.1, -0.05) is 23.8 Å². The molecule has 0 bridgehead atoms. The summed E-state index contributed by atoms with van der Waals surface area (Å²) in [4.78, 5) is 0. The lowest BCUT2D eigenvalue weighted by Crippen LogP contribution is -2.18. The van der Waals surface area contributed by atoms with Crippen LogP contribution in [0, 0.1) is 13.8 Å². The van der Waals surface area contributed by atoms with E-state index in [2.05, 4.69) is 37.1 Å². The van der Waals surface area contributed by atoms with E-state index in [0.717, 1.165) is 17.0 Å². The van der Waals surface area contributed by atoms with Crippen LogP contribution in [0.15, 0.2) is 24.4 Å². The molecular weight excluding hydrogens is 226 g/mol. The van der Waals surface area contributed by atoms with Gasteiger partial charge in [-0.05, 0) is 25.0 Å². The maximum absolute atomic E-state index is 6.37. The monoisotopic (exact) mass is 245 g/mol. The molecule has 0 aliphatic heterocycles. The highest BCUT2D eigenvalue weighted by Gasteiger charge is 2.20. The molecule has 0 saturated heterocycles. The first-order valence-electron chi connectivity index (χ1n) is 5.93. The summed E-state index contributed by atoms with van der Waals surface area (Å²) in [5.41, 5.74) is 10.7. The zero-order chi connectivity index (χ0) is 13.3. The molecular formula is C14H19N3O. The van der Waals surface area contributed by atoms with Crippen LogP contribution in [-0.2, 0) is 7.05 Å². The number of nitrogens with two attached hydrogens (primary N) is 1. The van der Waals surface area contributed by atoms with Gasteiger partial charge < -0.3 is 10.5 Å². The SMILES string of the molecule is COc1cnn(C)c1C(N)c1cc(C)ccc1C. The van der Waals surface area contributed by atoms with Gasteiger partial charge in [0.15, 0.2) is 5.75 Å². The fraction of sp³-hybridized carbons (Fsp3) is 0.357. The minimum Gasteiger partial charge on any atom is -0.493 e. The van der Waals surface area contributed by atoms with Crippen molar-refractivity contribution in [3.8, 4) is 5.75 Å². The molecule has 2 N–H and O–H groups in total. The van der Waals surface area contributed by atoms with Crippen molar-refractivity contribution < 1.29 is 4.74 Å². The Morgan fingerprint density at radius 3 is 2.72 bits per heavy atom. The molecule has 0 aliphatic carbocycles. The van der Waals surface area contributed by atoms with Gasteiger partial charge in [-0.25, -0.2) is 0 Å². The highest BCUT2D eigenvalue weighted by molar-refractivity contribution is 5.41. The molecule has 1 unspecified atom stereocenters. The number of methoxy groups -OCH3 is 1. The number of rotatable bonds is 3. The standard InChI is InChI=1S/C14H19N3O/c1-9-5-6-10(2)11(7-9)13(15)14-12(18-4)8-16-17(14)3/h5-8,13H,15H2,1-4H3. The number of aromatic nitrogens is 2. The van der Waals surface area contributed by atoms with Crippen molar-refractivity contribution in [2.45, 2.75) is 19.9 Å². The van der Waals surface area contributed by atoms with E-state index < -0.39 is 0 Å². The quantitative estimate of drug-likeness (QED) is 0.901. The normalized spacial score (nSPS) is 12.5. The zero-order valence-corrected chi connectivity index (χ0v) is 11.3. The van der Waals surface area contributed by atoms with E-state index >= 15 is 0 Å². The molecule has 0 saturated carbocycles. The predicted molar refractivity (Wildman–Crippen MR) is 71.7 cm³/mol. The summed E-state index contributed by atoms with van der Waals surface area (Å²) in [6.07, 6.45) is 1.69. The average Bonchev–Trinajstić information content (AvgIpc) is 2.72. The second kappa shape index (κ2) is 4.82. The minimum atomic E-state index is -0.229. The molecule has 1 aromatic heterocycles. The van der Waals surface area contributed by atoms with Crippen LogP contribution in [0.3, 0.4) is 0 Å². The van der Waals surface area contributed by atoms with Crippen LogP contribution in [0.5, 0.6) is 5.75 Å². The molecule has 0 amide bonds. The zero-order valence-electron chi connectivity index (χ0n) is 11.3. The molecule has 0 aliphatic rings. The smallest absolute Gasteiger partial charge is 0.161 e. The third-order valence-electron chi connectivity index (χ3n) is 3.23. The largest absolute Gasteiger partial charge is 0.493 e. The van der Waals surface area contributed by atoms with Crippen LogP contribution in [0.1, 0.15) is 28.4 Å². The molecule has 0 fully saturated rings. The molecule has 96 valence electrons. The molecule has 0 spiro atoms. The molecule has 1 atom stereocenters. The van der Waals surface area contributed by atoms with E-state index in [-0.39, 0.29) is 6.04 Å². The van der Waals surface area contributed by atoms with Gasteiger partial charge in [0.05, 0.1) is 19.3 Å². The summed E-state index contributed by atoms with van der Waals surface area (Å²) in [5, 5.41) is 4.20. The minimum absolute atomic E-state index is 0.229. The second-order valence-corrected chi connectivity index (χ2v) is 4.56. The van der Waals surface area contributed by atoms with Crippen molar-refractivity contribution in [2.24, 2.45) is 12.8 Å². The average molecular weight is 245 g/mol. The van der Waals surface area contributed by atoms with Gasteiger partial charge in [-0.2, -0.15) is 5.10 Å². The first-order chi connectivity index (χ1) is 8.54. The van der Waals surface area contributed by atoms with Crippen LogP contribution in [-0.4, -0.2) is 16.9 Å². The van der Waals surface area contributed by atoms with Crippen molar-refractivity contribution in [2.75, 3.05) is 7.11 Å². The highest BCUT2D eigenvalue weighted by atomic mass is 16.5. The Bertz CT molecular complexity index is 560. The van der Waals surface area contributed by atoms with Gasteiger partial charge >= 0.3 is 0 Å². The summed E-state index contributed by atoms with van der Waals surface area (Å²) in [6.45, 7) is 4.13. The van der Waals surface area contributed by atoms with E-state index in [0.29, 0.717) is 0 Å². The molecule has 0 radical (unpaired) electrons. The number of aryl methyl sites for hydroxylation is 3. The predicted octanol–water partition coefficient (Wildman–Crippen LogP) is 2.09. The summed E-state index contributed by atoms with van der Waals surface area (Å²) < 4.78 is 7.08. The molecule has 2 rings (SSSR count). The third-order valence-corrected chi connectivity index (χ3v) is 3.23. The van der Waals surface area contributed by atoms with E-state index in [1.807, 2.05) is 7.05 Å². The lowest BCUT2D eigenvalue weighted by molar-refractivity contribution is 0.406. The molecule has 1 aromatic carbocycles. The van der Waals surface area contributed by atoms with Crippen molar-refractivity contribution in [1.82, 2.24) is 9.78 Å². The Labute approximate surface area is 107 Å². The summed E-state index contributed by atoms with van der Waals surface area (Å²) in [5.74, 6) is 0.728. The number of nitrogens with zero attached hydrogens (tertiary/aromatic N) is 2. The lowest BCUT2D eigenvalue weighted by atomic mass is 9.97. The maximum Gasteiger partial charge on any atom is 0.161 e. The van der Waals surface area contributed by atoms with Gasteiger partial charge in [0.1, 0.15) is 5.69 Å². The van der Waals surface area contributed by atoms with Gasteiger partial charge in [0.2, 0.25) is 0 Å². The Kier molecular flexibility index (Phi) is 3.39. The summed E-state index contributed by atoms with van der Waals surface area (Å²) >= 11 is 0. The summed E-state index contributed by atoms with van der Waals surface area (Å²) in [6, 6.07) is 6.07. The summed E-state index contributed by atoms with van der Waals surface area (Å²) in [7, 11) is 3.51.